The van der Waals surface area contributed by atoms with Gasteiger partial charge in [-0.1, -0.05) is 11.6 Å². The average Bonchev–Trinajstić information content (AvgIpc) is 2.91. The number of aromatic amines is 1. The summed E-state index contributed by atoms with van der Waals surface area (Å²) < 4.78 is 2.56. The van der Waals surface area contributed by atoms with E-state index in [0.717, 1.165) is 4.57 Å². The number of rotatable bonds is 2. The van der Waals surface area contributed by atoms with Crippen LogP contribution in [-0.4, -0.2) is 19.1 Å². The molecule has 3 aromatic rings. The number of fused-ring (bicyclic) bond motifs is 1. The minimum Gasteiger partial charge on any atom is -0.339 e. The molecular formula is C13H11ClN4O2. The fourth-order valence-electron chi connectivity index (χ4n) is 2.15. The zero-order valence-electron chi connectivity index (χ0n) is 10.6. The molecule has 0 bridgehead atoms. The van der Waals surface area contributed by atoms with Crippen molar-refractivity contribution in [3.8, 4) is 5.69 Å². The van der Waals surface area contributed by atoms with Gasteiger partial charge >= 0.3 is 5.69 Å². The second-order valence-electron chi connectivity index (χ2n) is 4.24. The first-order chi connectivity index (χ1) is 9.63. The van der Waals surface area contributed by atoms with E-state index in [4.69, 9.17) is 11.6 Å². The number of nitrogens with zero attached hydrogens (tertiary/aromatic N) is 3. The van der Waals surface area contributed by atoms with Crippen LogP contribution in [0.5, 0.6) is 0 Å². The highest BCUT2D eigenvalue weighted by molar-refractivity contribution is 6.30. The van der Waals surface area contributed by atoms with Crippen LogP contribution in [0.1, 0.15) is 6.92 Å². The number of halogens is 1. The van der Waals surface area contributed by atoms with Crippen LogP contribution in [-0.2, 0) is 6.54 Å². The SMILES string of the molecule is CCn1c(=O)c2[nH]cnc2n(-c2ccc(Cl)cc2)c1=O. The molecule has 0 aliphatic rings. The molecule has 20 heavy (non-hydrogen) atoms. The normalized spacial score (nSPS) is 11.1. The average molecular weight is 291 g/mol. The van der Waals surface area contributed by atoms with Crippen molar-refractivity contribution in [2.24, 2.45) is 0 Å². The molecule has 0 saturated carbocycles. The van der Waals surface area contributed by atoms with Crippen molar-refractivity contribution >= 4 is 22.8 Å². The summed E-state index contributed by atoms with van der Waals surface area (Å²) in [5.41, 5.74) is 0.446. The molecular weight excluding hydrogens is 280 g/mol. The molecule has 102 valence electrons. The van der Waals surface area contributed by atoms with Gasteiger partial charge in [-0.05, 0) is 31.2 Å². The molecule has 0 unspecified atom stereocenters. The number of H-pyrrole nitrogens is 1. The molecule has 6 nitrogen and oxygen atoms in total. The largest absolute Gasteiger partial charge is 0.339 e. The van der Waals surface area contributed by atoms with E-state index in [2.05, 4.69) is 9.97 Å². The molecule has 0 spiro atoms. The van der Waals surface area contributed by atoms with E-state index in [1.165, 1.54) is 10.9 Å². The molecule has 0 aliphatic carbocycles. The Kier molecular flexibility index (Phi) is 2.94. The van der Waals surface area contributed by atoms with Gasteiger partial charge in [0.2, 0.25) is 0 Å². The quantitative estimate of drug-likeness (QED) is 0.778. The third-order valence-corrected chi connectivity index (χ3v) is 3.37. The second-order valence-corrected chi connectivity index (χ2v) is 4.68. The van der Waals surface area contributed by atoms with Crippen LogP contribution in [0.2, 0.25) is 5.02 Å². The van der Waals surface area contributed by atoms with Gasteiger partial charge in [0.25, 0.3) is 5.56 Å². The Morgan fingerprint density at radius 3 is 2.60 bits per heavy atom. The summed E-state index contributed by atoms with van der Waals surface area (Å²) in [5, 5.41) is 0.573. The summed E-state index contributed by atoms with van der Waals surface area (Å²) in [7, 11) is 0. The van der Waals surface area contributed by atoms with Gasteiger partial charge in [-0.3, -0.25) is 9.36 Å². The summed E-state index contributed by atoms with van der Waals surface area (Å²) >= 11 is 5.86. The van der Waals surface area contributed by atoms with Crippen LogP contribution in [0.15, 0.2) is 40.2 Å². The molecule has 0 saturated heterocycles. The molecule has 0 fully saturated rings. The van der Waals surface area contributed by atoms with Gasteiger partial charge in [-0.25, -0.2) is 14.3 Å². The zero-order valence-corrected chi connectivity index (χ0v) is 11.4. The number of benzene rings is 1. The van der Waals surface area contributed by atoms with Crippen molar-refractivity contribution in [3.63, 3.8) is 0 Å². The molecule has 2 heterocycles. The van der Waals surface area contributed by atoms with E-state index in [1.807, 2.05) is 0 Å². The van der Waals surface area contributed by atoms with Gasteiger partial charge in [-0.2, -0.15) is 0 Å². The van der Waals surface area contributed by atoms with E-state index in [9.17, 15) is 9.59 Å². The van der Waals surface area contributed by atoms with Gasteiger partial charge in [0.05, 0.1) is 12.0 Å². The van der Waals surface area contributed by atoms with Crippen molar-refractivity contribution in [1.29, 1.82) is 0 Å². The Balaban J connectivity index is 2.46. The standard InChI is InChI=1S/C13H11ClN4O2/c1-2-17-12(19)10-11(16-7-15-10)18(13(17)20)9-5-3-8(14)4-6-9/h3-7H,2H2,1H3,(H,15,16). The minimum absolute atomic E-state index is 0.292. The first-order valence-corrected chi connectivity index (χ1v) is 6.46. The maximum absolute atomic E-state index is 12.5. The summed E-state index contributed by atoms with van der Waals surface area (Å²) in [4.78, 5) is 31.5. The highest BCUT2D eigenvalue weighted by Crippen LogP contribution is 2.14. The molecule has 0 atom stereocenters. The van der Waals surface area contributed by atoms with Crippen LogP contribution in [0, 0.1) is 0 Å². The summed E-state index contributed by atoms with van der Waals surface area (Å²) in [5.74, 6) is 0. The molecule has 0 amide bonds. The Hall–Kier alpha value is -2.34. The van der Waals surface area contributed by atoms with Crippen LogP contribution < -0.4 is 11.2 Å². The Labute approximate surface area is 118 Å². The zero-order chi connectivity index (χ0) is 14.3. The van der Waals surface area contributed by atoms with Crippen molar-refractivity contribution in [2.45, 2.75) is 13.5 Å². The Morgan fingerprint density at radius 1 is 1.25 bits per heavy atom. The first-order valence-electron chi connectivity index (χ1n) is 6.08. The number of nitrogens with one attached hydrogen (secondary N) is 1. The van der Waals surface area contributed by atoms with Crippen LogP contribution in [0.25, 0.3) is 16.9 Å². The van der Waals surface area contributed by atoms with Gasteiger partial charge in [0, 0.05) is 11.6 Å². The lowest BCUT2D eigenvalue weighted by Crippen LogP contribution is -2.39. The highest BCUT2D eigenvalue weighted by Gasteiger charge is 2.15. The van der Waals surface area contributed by atoms with Crippen molar-refractivity contribution < 1.29 is 0 Å². The van der Waals surface area contributed by atoms with Crippen LogP contribution in [0.4, 0.5) is 0 Å². The number of imidazole rings is 1. The maximum Gasteiger partial charge on any atom is 0.337 e. The third-order valence-electron chi connectivity index (χ3n) is 3.11. The number of hydrogen-bond acceptors (Lipinski definition) is 3. The predicted octanol–water partition coefficient (Wildman–Crippen LogP) is 1.55. The highest BCUT2D eigenvalue weighted by atomic mass is 35.5. The van der Waals surface area contributed by atoms with Crippen LogP contribution in [0.3, 0.4) is 0 Å². The monoisotopic (exact) mass is 290 g/mol. The van der Waals surface area contributed by atoms with Crippen LogP contribution >= 0.6 is 11.6 Å². The Bertz CT molecular complexity index is 889. The lowest BCUT2D eigenvalue weighted by Gasteiger charge is -2.09. The van der Waals surface area contributed by atoms with Crippen molar-refractivity contribution in [2.75, 3.05) is 0 Å². The molecule has 7 heteroatoms. The minimum atomic E-state index is -0.417. The third kappa shape index (κ3) is 1.77. The summed E-state index contributed by atoms with van der Waals surface area (Å²) in [6, 6.07) is 6.79. The second kappa shape index (κ2) is 4.64. The van der Waals surface area contributed by atoms with Crippen molar-refractivity contribution in [1.82, 2.24) is 19.1 Å². The van der Waals surface area contributed by atoms with Gasteiger partial charge in [0.15, 0.2) is 5.65 Å². The van der Waals surface area contributed by atoms with Gasteiger partial charge in [-0.15, -0.1) is 0 Å². The predicted molar refractivity (Wildman–Crippen MR) is 76.6 cm³/mol. The molecule has 0 aliphatic heterocycles. The van der Waals surface area contributed by atoms with E-state index < -0.39 is 5.69 Å². The van der Waals surface area contributed by atoms with E-state index >= 15 is 0 Å². The number of aromatic nitrogens is 4. The summed E-state index contributed by atoms with van der Waals surface area (Å²) in [6.45, 7) is 2.04. The topological polar surface area (TPSA) is 72.7 Å². The maximum atomic E-state index is 12.5. The smallest absolute Gasteiger partial charge is 0.337 e. The molecule has 2 aromatic heterocycles. The van der Waals surface area contributed by atoms with Gasteiger partial charge in [0.1, 0.15) is 5.52 Å². The molecule has 1 N–H and O–H groups in total. The van der Waals surface area contributed by atoms with E-state index in [-0.39, 0.29) is 5.56 Å². The fraction of sp³-hybridized carbons (Fsp3) is 0.154. The van der Waals surface area contributed by atoms with Crippen molar-refractivity contribution in [3.05, 3.63) is 56.5 Å². The number of hydrogen-bond donors (Lipinski definition) is 1. The molecule has 0 radical (unpaired) electrons. The van der Waals surface area contributed by atoms with Gasteiger partial charge < -0.3 is 4.98 Å². The van der Waals surface area contributed by atoms with E-state index in [1.54, 1.807) is 31.2 Å². The first kappa shape index (κ1) is 12.7. The lowest BCUT2D eigenvalue weighted by molar-refractivity contribution is 0.659. The van der Waals surface area contributed by atoms with E-state index in [0.29, 0.717) is 28.4 Å². The fourth-order valence-corrected chi connectivity index (χ4v) is 2.27. The molecule has 3 rings (SSSR count). The summed E-state index contributed by atoms with van der Waals surface area (Å²) in [6.07, 6.45) is 1.40. The lowest BCUT2D eigenvalue weighted by atomic mass is 10.3. The Morgan fingerprint density at radius 2 is 1.95 bits per heavy atom. The molecule has 1 aromatic carbocycles.